The van der Waals surface area contributed by atoms with E-state index in [1.165, 1.54) is 11.3 Å². The molecule has 0 unspecified atom stereocenters. The number of aliphatic imine (C=N–C) groups is 1. The van der Waals surface area contributed by atoms with E-state index in [4.69, 9.17) is 4.74 Å². The molecular weight excluding hydrogens is 408 g/mol. The van der Waals surface area contributed by atoms with Gasteiger partial charge in [0.05, 0.1) is 18.5 Å². The minimum absolute atomic E-state index is 0. The molecule has 0 radical (unpaired) electrons. The number of hydrogen-bond donors (Lipinski definition) is 0. The maximum absolute atomic E-state index is 12.5. The fourth-order valence-corrected chi connectivity index (χ4v) is 3.92. The smallest absolute Gasteiger partial charge is 0.192 e. The fraction of sp³-hybridized carbons (Fsp3) is 0.294. The lowest BCUT2D eigenvalue weighted by molar-refractivity contribution is 0.101. The first kappa shape index (κ1) is 19.0. The maximum atomic E-state index is 12.5. The average molecular weight is 427 g/mol. The van der Waals surface area contributed by atoms with Crippen molar-refractivity contribution >= 4 is 56.7 Å². The van der Waals surface area contributed by atoms with Gasteiger partial charge in [-0.1, -0.05) is 17.8 Å². The van der Waals surface area contributed by atoms with Crippen LogP contribution in [0.5, 0.6) is 5.75 Å². The molecule has 0 aliphatic carbocycles. The molecule has 2 heterocycles. The standard InChI is InChI=1S/C17H18N2O2S2.BrH/c1-21-14-7-5-13(6-8-14)19(17-18-9-3-11-23-17)12-15(20)16-4-2-10-22-16;/h2,4-8,10H,3,9,11-12H2,1H3;1H. The van der Waals surface area contributed by atoms with Gasteiger partial charge in [0, 0.05) is 18.0 Å². The number of benzene rings is 1. The SMILES string of the molecule is Br.COc1ccc(N(CC(=O)c2cccs2)C2=NCCCS2)cc1. The van der Waals surface area contributed by atoms with Crippen molar-refractivity contribution in [3.8, 4) is 5.75 Å². The van der Waals surface area contributed by atoms with Crippen molar-refractivity contribution in [3.63, 3.8) is 0 Å². The molecule has 7 heteroatoms. The highest BCUT2D eigenvalue weighted by molar-refractivity contribution is 8.93. The number of carbonyl (C=O) groups excluding carboxylic acids is 1. The third kappa shape index (κ3) is 4.62. The zero-order chi connectivity index (χ0) is 16.1. The molecule has 0 saturated heterocycles. The molecule has 1 aromatic carbocycles. The van der Waals surface area contributed by atoms with E-state index < -0.39 is 0 Å². The number of anilines is 1. The first-order valence-corrected chi connectivity index (χ1v) is 9.30. The van der Waals surface area contributed by atoms with Gasteiger partial charge >= 0.3 is 0 Å². The topological polar surface area (TPSA) is 41.9 Å². The number of hydrogen-bond acceptors (Lipinski definition) is 6. The van der Waals surface area contributed by atoms with Crippen molar-refractivity contribution in [2.45, 2.75) is 6.42 Å². The molecule has 1 aliphatic rings. The van der Waals surface area contributed by atoms with Crippen LogP contribution < -0.4 is 9.64 Å². The normalized spacial score (nSPS) is 13.6. The number of ether oxygens (including phenoxy) is 1. The van der Waals surface area contributed by atoms with Crippen molar-refractivity contribution in [2.24, 2.45) is 4.99 Å². The summed E-state index contributed by atoms with van der Waals surface area (Å²) in [7, 11) is 1.65. The third-order valence-electron chi connectivity index (χ3n) is 3.49. The van der Waals surface area contributed by atoms with Crippen LogP contribution in [-0.2, 0) is 0 Å². The van der Waals surface area contributed by atoms with Crippen molar-refractivity contribution in [3.05, 3.63) is 46.7 Å². The van der Waals surface area contributed by atoms with Gasteiger partial charge in [0.15, 0.2) is 11.0 Å². The summed E-state index contributed by atoms with van der Waals surface area (Å²) < 4.78 is 5.22. The van der Waals surface area contributed by atoms with Crippen LogP contribution in [0.15, 0.2) is 46.8 Å². The number of thioether (sulfide) groups is 1. The van der Waals surface area contributed by atoms with E-state index in [9.17, 15) is 4.79 Å². The van der Waals surface area contributed by atoms with Crippen LogP contribution in [0, 0.1) is 0 Å². The molecule has 2 aromatic rings. The second-order valence-electron chi connectivity index (χ2n) is 5.05. The average Bonchev–Trinajstić information content (AvgIpc) is 3.15. The van der Waals surface area contributed by atoms with Crippen LogP contribution in [0.4, 0.5) is 5.69 Å². The number of methoxy groups -OCH3 is 1. The fourth-order valence-electron chi connectivity index (χ4n) is 2.30. The second kappa shape index (κ2) is 9.25. The van der Waals surface area contributed by atoms with Gasteiger partial charge in [-0.25, -0.2) is 0 Å². The van der Waals surface area contributed by atoms with Crippen molar-refractivity contribution in [2.75, 3.05) is 30.9 Å². The van der Waals surface area contributed by atoms with Crippen molar-refractivity contribution < 1.29 is 9.53 Å². The van der Waals surface area contributed by atoms with Gasteiger partial charge in [0.25, 0.3) is 0 Å². The first-order chi connectivity index (χ1) is 11.3. The molecule has 0 spiro atoms. The summed E-state index contributed by atoms with van der Waals surface area (Å²) in [6, 6.07) is 11.5. The van der Waals surface area contributed by atoms with Gasteiger partial charge in [-0.3, -0.25) is 9.79 Å². The van der Waals surface area contributed by atoms with E-state index in [0.717, 1.165) is 40.2 Å². The van der Waals surface area contributed by atoms with E-state index in [1.807, 2.05) is 46.7 Å². The first-order valence-electron chi connectivity index (χ1n) is 7.43. The highest BCUT2D eigenvalue weighted by Crippen LogP contribution is 2.25. The Labute approximate surface area is 160 Å². The number of thiophene rings is 1. The predicted molar refractivity (Wildman–Crippen MR) is 109 cm³/mol. The Morgan fingerprint density at radius 1 is 1.29 bits per heavy atom. The van der Waals surface area contributed by atoms with E-state index in [0.29, 0.717) is 6.54 Å². The quantitative estimate of drug-likeness (QED) is 0.659. The van der Waals surface area contributed by atoms with Crippen LogP contribution in [0.1, 0.15) is 16.1 Å². The van der Waals surface area contributed by atoms with E-state index >= 15 is 0 Å². The van der Waals surface area contributed by atoms with Crippen LogP contribution in [0.2, 0.25) is 0 Å². The van der Waals surface area contributed by atoms with E-state index in [2.05, 4.69) is 4.99 Å². The van der Waals surface area contributed by atoms with E-state index in [-0.39, 0.29) is 22.8 Å². The van der Waals surface area contributed by atoms with Gasteiger partial charge in [-0.15, -0.1) is 28.3 Å². The number of halogens is 1. The predicted octanol–water partition coefficient (Wildman–Crippen LogP) is 4.52. The monoisotopic (exact) mass is 426 g/mol. The van der Waals surface area contributed by atoms with Gasteiger partial charge < -0.3 is 9.64 Å². The summed E-state index contributed by atoms with van der Waals surface area (Å²) in [5, 5.41) is 2.85. The lowest BCUT2D eigenvalue weighted by Gasteiger charge is -2.27. The molecule has 1 aliphatic heterocycles. The van der Waals surface area contributed by atoms with Crippen LogP contribution >= 0.6 is 40.1 Å². The molecule has 0 atom stereocenters. The summed E-state index contributed by atoms with van der Waals surface area (Å²) in [4.78, 5) is 19.9. The van der Waals surface area contributed by atoms with Gasteiger partial charge in [0.1, 0.15) is 5.75 Å². The molecule has 3 rings (SSSR count). The molecule has 0 saturated carbocycles. The van der Waals surface area contributed by atoms with Gasteiger partial charge in [-0.05, 0) is 42.1 Å². The lowest BCUT2D eigenvalue weighted by Crippen LogP contribution is -2.35. The second-order valence-corrected chi connectivity index (χ2v) is 7.06. The molecule has 0 fully saturated rings. The highest BCUT2D eigenvalue weighted by Gasteiger charge is 2.21. The van der Waals surface area contributed by atoms with Crippen LogP contribution in [-0.4, -0.2) is 36.9 Å². The molecule has 1 aromatic heterocycles. The Bertz CT molecular complexity index is 687. The number of carbonyl (C=O) groups is 1. The molecule has 4 nitrogen and oxygen atoms in total. The summed E-state index contributed by atoms with van der Waals surface area (Å²) in [6.07, 6.45) is 1.09. The number of amidine groups is 1. The minimum Gasteiger partial charge on any atom is -0.497 e. The number of nitrogens with zero attached hydrogens (tertiary/aromatic N) is 2. The van der Waals surface area contributed by atoms with Gasteiger partial charge in [0.2, 0.25) is 0 Å². The van der Waals surface area contributed by atoms with Crippen molar-refractivity contribution in [1.29, 1.82) is 0 Å². The van der Waals surface area contributed by atoms with Crippen LogP contribution in [0.25, 0.3) is 0 Å². The summed E-state index contributed by atoms with van der Waals surface area (Å²) in [5.74, 6) is 1.96. The Morgan fingerprint density at radius 2 is 2.08 bits per heavy atom. The number of ketones is 1. The summed E-state index contributed by atoms with van der Waals surface area (Å²) >= 11 is 3.19. The van der Waals surface area contributed by atoms with E-state index in [1.54, 1.807) is 18.9 Å². The molecule has 24 heavy (non-hydrogen) atoms. The van der Waals surface area contributed by atoms with Gasteiger partial charge in [-0.2, -0.15) is 0 Å². The Hall–Kier alpha value is -1.31. The Morgan fingerprint density at radius 3 is 2.67 bits per heavy atom. The molecule has 0 amide bonds. The Balaban J connectivity index is 0.00000208. The Kier molecular flexibility index (Phi) is 7.33. The summed E-state index contributed by atoms with van der Waals surface area (Å²) in [5.41, 5.74) is 0.962. The molecule has 128 valence electrons. The largest absolute Gasteiger partial charge is 0.497 e. The minimum atomic E-state index is 0. The lowest BCUT2D eigenvalue weighted by atomic mass is 10.2. The third-order valence-corrected chi connectivity index (χ3v) is 5.50. The van der Waals surface area contributed by atoms with Crippen molar-refractivity contribution in [1.82, 2.24) is 0 Å². The molecule has 0 bridgehead atoms. The maximum Gasteiger partial charge on any atom is 0.192 e. The zero-order valence-corrected chi connectivity index (χ0v) is 16.7. The number of rotatable bonds is 5. The number of Topliss-reactive ketones (excluding diaryl/α,β-unsaturated/α-hetero) is 1. The zero-order valence-electron chi connectivity index (χ0n) is 13.3. The summed E-state index contributed by atoms with van der Waals surface area (Å²) in [6.45, 7) is 1.13. The van der Waals surface area contributed by atoms with Crippen LogP contribution in [0.3, 0.4) is 0 Å². The molecular formula is C17H19BrN2O2S2. The molecule has 0 N–H and O–H groups in total. The highest BCUT2D eigenvalue weighted by atomic mass is 79.9.